The summed E-state index contributed by atoms with van der Waals surface area (Å²) in [4.78, 5) is 27.3. The van der Waals surface area contributed by atoms with Crippen LogP contribution < -0.4 is 0 Å². The van der Waals surface area contributed by atoms with Gasteiger partial charge in [0.1, 0.15) is 0 Å². The summed E-state index contributed by atoms with van der Waals surface area (Å²) in [6.07, 6.45) is 0. The highest BCUT2D eigenvalue weighted by Gasteiger charge is 2.38. The number of carbonyl (C=O) groups is 2. The van der Waals surface area contributed by atoms with Crippen LogP contribution in [0.15, 0.2) is 0 Å². The molecule has 0 aliphatic carbocycles. The minimum atomic E-state index is -0.799. The third-order valence-electron chi connectivity index (χ3n) is 3.64. The smallest absolute Gasteiger partial charge is 0.320 e. The van der Waals surface area contributed by atoms with Gasteiger partial charge in [-0.05, 0) is 17.8 Å². The van der Waals surface area contributed by atoms with Gasteiger partial charge in [-0.2, -0.15) is 0 Å². The highest BCUT2D eigenvalue weighted by molar-refractivity contribution is 5.77. The number of aliphatic carboxylic acids is 1. The van der Waals surface area contributed by atoms with Gasteiger partial charge in [-0.15, -0.1) is 0 Å². The number of rotatable bonds is 5. The quantitative estimate of drug-likeness (QED) is 0.843. The lowest BCUT2D eigenvalue weighted by atomic mass is 9.99. The first kappa shape index (κ1) is 16.8. The number of nitrogens with zero attached hydrogens (tertiary/aromatic N) is 2. The van der Waals surface area contributed by atoms with Crippen LogP contribution in [0.5, 0.6) is 0 Å². The lowest BCUT2D eigenvalue weighted by Gasteiger charge is -2.30. The zero-order chi connectivity index (χ0) is 15.4. The monoisotopic (exact) mass is 284 g/mol. The predicted octanol–water partition coefficient (Wildman–Crippen LogP) is 2.37. The number of carbonyl (C=O) groups excluding carboxylic acids is 1. The maximum Gasteiger partial charge on any atom is 0.320 e. The molecule has 1 aliphatic rings. The van der Waals surface area contributed by atoms with Crippen molar-refractivity contribution < 1.29 is 14.7 Å². The minimum Gasteiger partial charge on any atom is -0.481 e. The van der Waals surface area contributed by atoms with Crippen molar-refractivity contribution in [3.8, 4) is 0 Å². The number of likely N-dealkylation sites (tertiary alicyclic amines) is 1. The number of carboxylic acids is 1. The molecule has 2 amide bonds. The molecule has 0 bridgehead atoms. The summed E-state index contributed by atoms with van der Waals surface area (Å²) in [7, 11) is 0. The SMILES string of the molecule is CC(C)CN(CC(C)C)C(=O)N1CC(C)C(C(=O)O)C1. The number of hydrogen-bond donors (Lipinski definition) is 1. The Kier molecular flexibility index (Phi) is 5.84. The van der Waals surface area contributed by atoms with E-state index in [1.54, 1.807) is 4.90 Å². The lowest BCUT2D eigenvalue weighted by molar-refractivity contribution is -0.142. The summed E-state index contributed by atoms with van der Waals surface area (Å²) in [5, 5.41) is 9.16. The molecule has 5 heteroatoms. The van der Waals surface area contributed by atoms with Crippen LogP contribution in [0, 0.1) is 23.7 Å². The average molecular weight is 284 g/mol. The fraction of sp³-hybridized carbons (Fsp3) is 0.867. The summed E-state index contributed by atoms with van der Waals surface area (Å²) < 4.78 is 0. The Balaban J connectivity index is 2.72. The summed E-state index contributed by atoms with van der Waals surface area (Å²) in [5.41, 5.74) is 0. The minimum absolute atomic E-state index is 0.0111. The number of amides is 2. The van der Waals surface area contributed by atoms with E-state index < -0.39 is 11.9 Å². The van der Waals surface area contributed by atoms with E-state index in [0.717, 1.165) is 13.1 Å². The van der Waals surface area contributed by atoms with Crippen LogP contribution in [0.4, 0.5) is 4.79 Å². The van der Waals surface area contributed by atoms with Gasteiger partial charge in [-0.1, -0.05) is 34.6 Å². The fourth-order valence-electron chi connectivity index (χ4n) is 2.76. The summed E-state index contributed by atoms with van der Waals surface area (Å²) in [6, 6.07) is -0.0111. The van der Waals surface area contributed by atoms with Crippen molar-refractivity contribution in [2.45, 2.75) is 34.6 Å². The second-order valence-electron chi connectivity index (χ2n) is 6.80. The Bertz CT molecular complexity index is 345. The zero-order valence-electron chi connectivity index (χ0n) is 13.3. The molecule has 1 N–H and O–H groups in total. The second kappa shape index (κ2) is 6.95. The highest BCUT2D eigenvalue weighted by atomic mass is 16.4. The summed E-state index contributed by atoms with van der Waals surface area (Å²) >= 11 is 0. The molecular formula is C15H28N2O3. The van der Waals surface area contributed by atoms with Crippen LogP contribution in [0.25, 0.3) is 0 Å². The summed E-state index contributed by atoms with van der Waals surface area (Å²) in [6.45, 7) is 12.6. The molecule has 0 aromatic rings. The van der Waals surface area contributed by atoms with E-state index in [0.29, 0.717) is 24.9 Å². The molecule has 0 aromatic heterocycles. The van der Waals surface area contributed by atoms with Crippen molar-refractivity contribution in [1.82, 2.24) is 9.80 Å². The predicted molar refractivity (Wildman–Crippen MR) is 78.5 cm³/mol. The molecule has 0 saturated carbocycles. The molecule has 5 nitrogen and oxygen atoms in total. The Hall–Kier alpha value is -1.26. The lowest BCUT2D eigenvalue weighted by Crippen LogP contribution is -2.45. The first-order valence-electron chi connectivity index (χ1n) is 7.49. The van der Waals surface area contributed by atoms with Crippen LogP contribution in [0.3, 0.4) is 0 Å². The molecular weight excluding hydrogens is 256 g/mol. The Morgan fingerprint density at radius 1 is 1.15 bits per heavy atom. The van der Waals surface area contributed by atoms with E-state index >= 15 is 0 Å². The third kappa shape index (κ3) is 4.39. The van der Waals surface area contributed by atoms with Gasteiger partial charge in [0.2, 0.25) is 0 Å². The largest absolute Gasteiger partial charge is 0.481 e. The van der Waals surface area contributed by atoms with E-state index in [9.17, 15) is 9.59 Å². The van der Waals surface area contributed by atoms with E-state index in [4.69, 9.17) is 5.11 Å². The maximum absolute atomic E-state index is 12.6. The second-order valence-corrected chi connectivity index (χ2v) is 6.80. The van der Waals surface area contributed by atoms with Crippen molar-refractivity contribution in [1.29, 1.82) is 0 Å². The van der Waals surface area contributed by atoms with Gasteiger partial charge in [-0.25, -0.2) is 4.79 Å². The van der Waals surface area contributed by atoms with Crippen molar-refractivity contribution in [3.05, 3.63) is 0 Å². The molecule has 1 aliphatic heterocycles. The van der Waals surface area contributed by atoms with Crippen LogP contribution in [0.1, 0.15) is 34.6 Å². The zero-order valence-corrected chi connectivity index (χ0v) is 13.3. The molecule has 1 fully saturated rings. The number of hydrogen-bond acceptors (Lipinski definition) is 2. The molecule has 1 rings (SSSR count). The van der Waals surface area contributed by atoms with Gasteiger partial charge in [0.25, 0.3) is 0 Å². The van der Waals surface area contributed by atoms with Crippen molar-refractivity contribution in [3.63, 3.8) is 0 Å². The van der Waals surface area contributed by atoms with Crippen LogP contribution in [-0.4, -0.2) is 53.1 Å². The van der Waals surface area contributed by atoms with Crippen LogP contribution in [0.2, 0.25) is 0 Å². The van der Waals surface area contributed by atoms with Crippen molar-refractivity contribution in [2.75, 3.05) is 26.2 Å². The first-order valence-corrected chi connectivity index (χ1v) is 7.49. The van der Waals surface area contributed by atoms with Gasteiger partial charge in [0.05, 0.1) is 5.92 Å². The van der Waals surface area contributed by atoms with Crippen LogP contribution in [-0.2, 0) is 4.79 Å². The highest BCUT2D eigenvalue weighted by Crippen LogP contribution is 2.24. The third-order valence-corrected chi connectivity index (χ3v) is 3.64. The van der Waals surface area contributed by atoms with Crippen LogP contribution >= 0.6 is 0 Å². The number of urea groups is 1. The maximum atomic E-state index is 12.6. The fourth-order valence-corrected chi connectivity index (χ4v) is 2.76. The van der Waals surface area contributed by atoms with Crippen molar-refractivity contribution >= 4 is 12.0 Å². The average Bonchev–Trinajstić information content (AvgIpc) is 2.68. The Morgan fingerprint density at radius 3 is 2.00 bits per heavy atom. The van der Waals surface area contributed by atoms with E-state index in [2.05, 4.69) is 27.7 Å². The topological polar surface area (TPSA) is 60.9 Å². The molecule has 116 valence electrons. The van der Waals surface area contributed by atoms with Gasteiger partial charge in [0.15, 0.2) is 0 Å². The van der Waals surface area contributed by atoms with Gasteiger partial charge < -0.3 is 14.9 Å². The first-order chi connectivity index (χ1) is 9.22. The molecule has 2 unspecified atom stereocenters. The number of carboxylic acid groups (broad SMARTS) is 1. The van der Waals surface area contributed by atoms with E-state index in [1.807, 2.05) is 11.8 Å². The van der Waals surface area contributed by atoms with Gasteiger partial charge in [-0.3, -0.25) is 4.79 Å². The normalized spacial score (nSPS) is 22.6. The molecule has 2 atom stereocenters. The molecule has 0 spiro atoms. The van der Waals surface area contributed by atoms with E-state index in [1.165, 1.54) is 0 Å². The molecule has 1 heterocycles. The standard InChI is InChI=1S/C15H28N2O3/c1-10(2)6-16(7-11(3)4)15(20)17-8-12(5)13(9-17)14(18)19/h10-13H,6-9H2,1-5H3,(H,18,19). The summed E-state index contributed by atoms with van der Waals surface area (Å²) in [5.74, 6) is -0.386. The van der Waals surface area contributed by atoms with Gasteiger partial charge >= 0.3 is 12.0 Å². The molecule has 20 heavy (non-hydrogen) atoms. The van der Waals surface area contributed by atoms with Gasteiger partial charge in [0, 0.05) is 26.2 Å². The Morgan fingerprint density at radius 2 is 1.65 bits per heavy atom. The van der Waals surface area contributed by atoms with E-state index in [-0.39, 0.29) is 11.9 Å². The molecule has 1 saturated heterocycles. The molecule has 0 aromatic carbocycles. The Labute approximate surface area is 121 Å². The molecule has 0 radical (unpaired) electrons. The van der Waals surface area contributed by atoms with Crippen molar-refractivity contribution in [2.24, 2.45) is 23.7 Å².